The lowest BCUT2D eigenvalue weighted by molar-refractivity contribution is -0.384. The lowest BCUT2D eigenvalue weighted by Gasteiger charge is -2.11. The van der Waals surface area contributed by atoms with Gasteiger partial charge in [-0.3, -0.25) is 0 Å². The Bertz CT molecular complexity index is 299. The minimum atomic E-state index is -0.476. The predicted molar refractivity (Wildman–Crippen MR) is 55.2 cm³/mol. The van der Waals surface area contributed by atoms with Crippen LogP contribution in [0, 0.1) is 13.8 Å². The lowest BCUT2D eigenvalue weighted by atomic mass is 10.1. The van der Waals surface area contributed by atoms with Crippen LogP contribution in [0.25, 0.3) is 0 Å². The smallest absolute Gasteiger partial charge is 0.136 e. The fourth-order valence-electron chi connectivity index (χ4n) is 1.23. The summed E-state index contributed by atoms with van der Waals surface area (Å²) >= 11 is 0. The highest BCUT2D eigenvalue weighted by Gasteiger charge is 2.05. The van der Waals surface area contributed by atoms with Crippen molar-refractivity contribution in [3.8, 4) is 5.75 Å². The van der Waals surface area contributed by atoms with Crippen LogP contribution in [0.15, 0.2) is 18.2 Å². The molecule has 3 nitrogen and oxygen atoms in total. The second kappa shape index (κ2) is 4.98. The fraction of sp³-hybridized carbons (Fsp3) is 0.455. The van der Waals surface area contributed by atoms with Gasteiger partial charge in [-0.15, -0.1) is 0 Å². The van der Waals surface area contributed by atoms with Crippen LogP contribution in [-0.2, 0) is 0 Å². The maximum atomic E-state index is 9.28. The maximum Gasteiger partial charge on any atom is 0.136 e. The van der Waals surface area contributed by atoms with Gasteiger partial charge in [0.25, 0.3) is 0 Å². The first-order chi connectivity index (χ1) is 6.63. The molecule has 78 valence electrons. The molecule has 3 heteroatoms. The molecule has 0 fully saturated rings. The van der Waals surface area contributed by atoms with Crippen molar-refractivity contribution in [3.05, 3.63) is 29.3 Å². The summed E-state index contributed by atoms with van der Waals surface area (Å²) in [6, 6.07) is 5.99. The number of aliphatic hydroxyl groups is 1. The Morgan fingerprint density at radius 3 is 2.71 bits per heavy atom. The molecule has 0 radical (unpaired) electrons. The van der Waals surface area contributed by atoms with Crippen molar-refractivity contribution in [1.29, 1.82) is 0 Å². The highest BCUT2D eigenvalue weighted by Crippen LogP contribution is 2.18. The third-order valence-corrected chi connectivity index (χ3v) is 2.09. The summed E-state index contributed by atoms with van der Waals surface area (Å²) < 4.78 is 5.45. The molecule has 4 N–H and O–H groups in total. The molecule has 0 unspecified atom stereocenters. The van der Waals surface area contributed by atoms with Gasteiger partial charge in [0, 0.05) is 0 Å². The van der Waals surface area contributed by atoms with Gasteiger partial charge in [-0.05, 0) is 25.5 Å². The van der Waals surface area contributed by atoms with Crippen molar-refractivity contribution < 1.29 is 15.6 Å². The Hall–Kier alpha value is -1.06. The Morgan fingerprint density at radius 2 is 2.14 bits per heavy atom. The summed E-state index contributed by atoms with van der Waals surface area (Å²) in [5.41, 5.74) is 5.92. The first kappa shape index (κ1) is 11.0. The lowest BCUT2D eigenvalue weighted by Crippen LogP contribution is -2.56. The molecule has 1 rings (SSSR count). The molecule has 0 amide bonds. The van der Waals surface area contributed by atoms with E-state index in [1.54, 1.807) is 0 Å². The zero-order valence-electron chi connectivity index (χ0n) is 8.79. The molecular weight excluding hydrogens is 178 g/mol. The summed E-state index contributed by atoms with van der Waals surface area (Å²) in [4.78, 5) is 0. The van der Waals surface area contributed by atoms with Crippen LogP contribution < -0.4 is 10.5 Å². The van der Waals surface area contributed by atoms with Crippen molar-refractivity contribution in [1.82, 2.24) is 0 Å². The number of quaternary nitrogens is 1. The Kier molecular flexibility index (Phi) is 3.92. The predicted octanol–water partition coefficient (Wildman–Crippen LogP) is 0.285. The summed E-state index contributed by atoms with van der Waals surface area (Å²) in [5, 5.41) is 9.28. The summed E-state index contributed by atoms with van der Waals surface area (Å²) in [6.45, 7) is 4.83. The summed E-state index contributed by atoms with van der Waals surface area (Å²) in [7, 11) is 0. The number of benzene rings is 1. The van der Waals surface area contributed by atoms with Gasteiger partial charge >= 0.3 is 0 Å². The normalized spacial score (nSPS) is 12.6. The van der Waals surface area contributed by atoms with E-state index in [-0.39, 0.29) is 0 Å². The van der Waals surface area contributed by atoms with Crippen LogP contribution >= 0.6 is 0 Å². The highest BCUT2D eigenvalue weighted by molar-refractivity contribution is 5.35. The number of aliphatic hydroxyl groups excluding tert-OH is 1. The van der Waals surface area contributed by atoms with Crippen molar-refractivity contribution >= 4 is 0 Å². The van der Waals surface area contributed by atoms with Gasteiger partial charge in [-0.2, -0.15) is 0 Å². The molecule has 0 aliphatic heterocycles. The number of rotatable bonds is 4. The summed E-state index contributed by atoms with van der Waals surface area (Å²) in [5.74, 6) is 0.836. The number of hydrogen-bond donors (Lipinski definition) is 2. The second-order valence-electron chi connectivity index (χ2n) is 3.52. The van der Waals surface area contributed by atoms with Crippen molar-refractivity contribution in [2.24, 2.45) is 0 Å². The van der Waals surface area contributed by atoms with E-state index < -0.39 is 6.10 Å². The van der Waals surface area contributed by atoms with Gasteiger partial charge < -0.3 is 15.6 Å². The molecule has 0 aliphatic carbocycles. The largest absolute Gasteiger partial charge is 0.490 e. The molecule has 0 bridgehead atoms. The molecule has 1 atom stereocenters. The second-order valence-corrected chi connectivity index (χ2v) is 3.52. The average molecular weight is 196 g/mol. The standard InChI is InChI=1S/C11H17NO2/c1-8-3-4-11(9(2)5-8)14-7-10(13)6-12/h3-5,10,13H,6-7,12H2,1-2H3/p+1/t10-/m0/s1. The monoisotopic (exact) mass is 196 g/mol. The Balaban J connectivity index is 2.59. The van der Waals surface area contributed by atoms with Gasteiger partial charge in [0.05, 0.1) is 0 Å². The van der Waals surface area contributed by atoms with Crippen LogP contribution in [0.1, 0.15) is 11.1 Å². The maximum absolute atomic E-state index is 9.28. The first-order valence-corrected chi connectivity index (χ1v) is 4.81. The number of aryl methyl sites for hydroxylation is 2. The van der Waals surface area contributed by atoms with Gasteiger partial charge in [-0.1, -0.05) is 17.7 Å². The van der Waals surface area contributed by atoms with E-state index in [4.69, 9.17) is 4.74 Å². The van der Waals surface area contributed by atoms with Crippen molar-refractivity contribution in [3.63, 3.8) is 0 Å². The van der Waals surface area contributed by atoms with Gasteiger partial charge in [0.15, 0.2) is 0 Å². The van der Waals surface area contributed by atoms with Crippen LogP contribution in [0.2, 0.25) is 0 Å². The molecular formula is C11H18NO2+. The van der Waals surface area contributed by atoms with Crippen LogP contribution in [-0.4, -0.2) is 24.4 Å². The third kappa shape index (κ3) is 3.01. The van der Waals surface area contributed by atoms with E-state index in [1.165, 1.54) is 5.56 Å². The molecule has 0 aliphatic rings. The molecule has 0 saturated heterocycles. The third-order valence-electron chi connectivity index (χ3n) is 2.09. The molecule has 0 heterocycles. The van der Waals surface area contributed by atoms with Crippen LogP contribution in [0.4, 0.5) is 0 Å². The van der Waals surface area contributed by atoms with E-state index in [2.05, 4.69) is 11.8 Å². The zero-order valence-corrected chi connectivity index (χ0v) is 8.79. The Labute approximate surface area is 84.5 Å². The van der Waals surface area contributed by atoms with E-state index >= 15 is 0 Å². The molecule has 1 aromatic carbocycles. The van der Waals surface area contributed by atoms with Crippen molar-refractivity contribution in [2.45, 2.75) is 20.0 Å². The molecule has 0 spiro atoms. The SMILES string of the molecule is Cc1ccc(OC[C@@H](O)C[NH3+])c(C)c1. The van der Waals surface area contributed by atoms with Gasteiger partial charge in [0.1, 0.15) is 25.0 Å². The highest BCUT2D eigenvalue weighted by atomic mass is 16.5. The van der Waals surface area contributed by atoms with E-state index in [9.17, 15) is 5.11 Å². The Morgan fingerprint density at radius 1 is 1.43 bits per heavy atom. The minimum Gasteiger partial charge on any atom is -0.490 e. The molecule has 1 aromatic rings. The number of ether oxygens (including phenoxy) is 1. The van der Waals surface area contributed by atoms with Crippen molar-refractivity contribution in [2.75, 3.05) is 13.2 Å². The fourth-order valence-corrected chi connectivity index (χ4v) is 1.23. The van der Waals surface area contributed by atoms with Crippen LogP contribution in [0.3, 0.4) is 0 Å². The van der Waals surface area contributed by atoms with Crippen LogP contribution in [0.5, 0.6) is 5.75 Å². The quantitative estimate of drug-likeness (QED) is 0.727. The molecule has 0 saturated carbocycles. The first-order valence-electron chi connectivity index (χ1n) is 4.81. The van der Waals surface area contributed by atoms with E-state index in [0.717, 1.165) is 11.3 Å². The summed E-state index contributed by atoms with van der Waals surface area (Å²) in [6.07, 6.45) is -0.476. The molecule has 14 heavy (non-hydrogen) atoms. The molecule has 0 aromatic heterocycles. The number of hydrogen-bond acceptors (Lipinski definition) is 2. The average Bonchev–Trinajstić information content (AvgIpc) is 2.16. The van der Waals surface area contributed by atoms with Gasteiger partial charge in [0.2, 0.25) is 0 Å². The van der Waals surface area contributed by atoms with Gasteiger partial charge in [-0.25, -0.2) is 0 Å². The minimum absolute atomic E-state index is 0.313. The topological polar surface area (TPSA) is 57.1 Å². The van der Waals surface area contributed by atoms with E-state index in [1.807, 2.05) is 26.0 Å². The van der Waals surface area contributed by atoms with E-state index in [0.29, 0.717) is 13.2 Å². The zero-order chi connectivity index (χ0) is 10.6.